The van der Waals surface area contributed by atoms with Gasteiger partial charge in [0.2, 0.25) is 0 Å². The molecule has 0 amide bonds. The van der Waals surface area contributed by atoms with Crippen LogP contribution in [0, 0.1) is 11.8 Å². The van der Waals surface area contributed by atoms with Crippen molar-refractivity contribution in [3.05, 3.63) is 12.2 Å². The Kier molecular flexibility index (Phi) is 7.87. The summed E-state index contributed by atoms with van der Waals surface area (Å²) in [6, 6.07) is 0.633. The number of hydrogen-bond acceptors (Lipinski definition) is 1. The molecule has 0 bridgehead atoms. The highest BCUT2D eigenvalue weighted by molar-refractivity contribution is 4.90. The van der Waals surface area contributed by atoms with Gasteiger partial charge in [-0.1, -0.05) is 32.9 Å². The van der Waals surface area contributed by atoms with Gasteiger partial charge in [-0.3, -0.25) is 0 Å². The molecule has 1 heteroatoms. The van der Waals surface area contributed by atoms with E-state index in [1.807, 2.05) is 7.05 Å². The summed E-state index contributed by atoms with van der Waals surface area (Å²) in [5.41, 5.74) is 0. The summed E-state index contributed by atoms with van der Waals surface area (Å²) >= 11 is 0. The van der Waals surface area contributed by atoms with Crippen LogP contribution in [0.25, 0.3) is 0 Å². The summed E-state index contributed by atoms with van der Waals surface area (Å²) in [5, 5.41) is 3.31. The molecule has 0 radical (unpaired) electrons. The predicted octanol–water partition coefficient (Wildman–Crippen LogP) is 3.61. The Bertz CT molecular complexity index is 151. The number of allylic oxidation sites excluding steroid dienone is 2. The Hall–Kier alpha value is -0.300. The molecule has 1 N–H and O–H groups in total. The molecule has 84 valence electrons. The molecule has 3 unspecified atom stereocenters. The third-order valence-corrected chi connectivity index (χ3v) is 3.04. The molecule has 0 saturated carbocycles. The minimum absolute atomic E-state index is 0.633. The molecule has 0 heterocycles. The van der Waals surface area contributed by atoms with Crippen LogP contribution in [0.4, 0.5) is 0 Å². The van der Waals surface area contributed by atoms with Crippen molar-refractivity contribution in [1.82, 2.24) is 5.32 Å². The normalized spacial score (nSPS) is 18.4. The van der Waals surface area contributed by atoms with Crippen LogP contribution in [0.3, 0.4) is 0 Å². The lowest BCUT2D eigenvalue weighted by atomic mass is 9.86. The van der Waals surface area contributed by atoms with Gasteiger partial charge in [0.1, 0.15) is 0 Å². The molecular formula is C13H27N. The van der Waals surface area contributed by atoms with Crippen molar-refractivity contribution in [2.45, 2.75) is 53.0 Å². The van der Waals surface area contributed by atoms with Crippen LogP contribution in [0.2, 0.25) is 0 Å². The van der Waals surface area contributed by atoms with E-state index in [1.54, 1.807) is 0 Å². The molecule has 0 aromatic rings. The van der Waals surface area contributed by atoms with Crippen molar-refractivity contribution < 1.29 is 0 Å². The molecule has 0 rings (SSSR count). The van der Waals surface area contributed by atoms with E-state index >= 15 is 0 Å². The SMILES string of the molecule is CC/C=C/C(CC)C(C)CC(C)NC. The summed E-state index contributed by atoms with van der Waals surface area (Å²) in [6.45, 7) is 9.10. The van der Waals surface area contributed by atoms with E-state index in [0.717, 1.165) is 18.3 Å². The first kappa shape index (κ1) is 13.7. The second kappa shape index (κ2) is 8.05. The van der Waals surface area contributed by atoms with E-state index < -0.39 is 0 Å². The van der Waals surface area contributed by atoms with Crippen LogP contribution in [-0.2, 0) is 0 Å². The van der Waals surface area contributed by atoms with E-state index in [-0.39, 0.29) is 0 Å². The Morgan fingerprint density at radius 3 is 2.29 bits per heavy atom. The van der Waals surface area contributed by atoms with Crippen LogP contribution in [-0.4, -0.2) is 13.1 Å². The lowest BCUT2D eigenvalue weighted by molar-refractivity contribution is 0.350. The van der Waals surface area contributed by atoms with Crippen molar-refractivity contribution in [3.63, 3.8) is 0 Å². The van der Waals surface area contributed by atoms with Gasteiger partial charge < -0.3 is 5.32 Å². The smallest absolute Gasteiger partial charge is 0.00384 e. The molecule has 3 atom stereocenters. The molecule has 0 aromatic carbocycles. The van der Waals surface area contributed by atoms with Crippen molar-refractivity contribution in [1.29, 1.82) is 0 Å². The largest absolute Gasteiger partial charge is 0.317 e. The van der Waals surface area contributed by atoms with Gasteiger partial charge in [-0.15, -0.1) is 0 Å². The minimum Gasteiger partial charge on any atom is -0.317 e. The van der Waals surface area contributed by atoms with Gasteiger partial charge in [0, 0.05) is 6.04 Å². The molecule has 0 aliphatic carbocycles. The maximum Gasteiger partial charge on any atom is 0.00384 e. The standard InChI is InChI=1S/C13H27N/c1-6-8-9-13(7-2)11(3)10-12(4)14-5/h8-9,11-14H,6-7,10H2,1-5H3/b9-8+. The minimum atomic E-state index is 0.633. The van der Waals surface area contributed by atoms with Crippen molar-refractivity contribution in [3.8, 4) is 0 Å². The van der Waals surface area contributed by atoms with Crippen LogP contribution >= 0.6 is 0 Å². The van der Waals surface area contributed by atoms with Gasteiger partial charge >= 0.3 is 0 Å². The molecule has 0 spiro atoms. The van der Waals surface area contributed by atoms with Gasteiger partial charge in [-0.05, 0) is 45.1 Å². The highest BCUT2D eigenvalue weighted by Gasteiger charge is 2.14. The second-order valence-electron chi connectivity index (χ2n) is 4.31. The van der Waals surface area contributed by atoms with Gasteiger partial charge in [0.25, 0.3) is 0 Å². The highest BCUT2D eigenvalue weighted by Crippen LogP contribution is 2.21. The van der Waals surface area contributed by atoms with Crippen molar-refractivity contribution in [2.24, 2.45) is 11.8 Å². The number of nitrogens with one attached hydrogen (secondary N) is 1. The topological polar surface area (TPSA) is 12.0 Å². The maximum atomic E-state index is 3.31. The van der Waals surface area contributed by atoms with E-state index in [4.69, 9.17) is 0 Å². The molecular weight excluding hydrogens is 170 g/mol. The number of hydrogen-bond donors (Lipinski definition) is 1. The molecule has 0 fully saturated rings. The summed E-state index contributed by atoms with van der Waals surface area (Å²) in [7, 11) is 2.04. The predicted molar refractivity (Wildman–Crippen MR) is 65.5 cm³/mol. The van der Waals surface area contributed by atoms with Crippen LogP contribution in [0.15, 0.2) is 12.2 Å². The Morgan fingerprint density at radius 1 is 1.21 bits per heavy atom. The summed E-state index contributed by atoms with van der Waals surface area (Å²) < 4.78 is 0. The van der Waals surface area contributed by atoms with Crippen molar-refractivity contribution >= 4 is 0 Å². The maximum absolute atomic E-state index is 3.31. The van der Waals surface area contributed by atoms with E-state index in [2.05, 4.69) is 45.2 Å². The average molecular weight is 197 g/mol. The molecule has 0 aliphatic heterocycles. The zero-order chi connectivity index (χ0) is 11.0. The highest BCUT2D eigenvalue weighted by atomic mass is 14.8. The van der Waals surface area contributed by atoms with Gasteiger partial charge in [0.15, 0.2) is 0 Å². The average Bonchev–Trinajstić information content (AvgIpc) is 2.18. The quantitative estimate of drug-likeness (QED) is 0.615. The van der Waals surface area contributed by atoms with Crippen LogP contribution in [0.1, 0.15) is 47.0 Å². The molecule has 0 saturated heterocycles. The fraction of sp³-hybridized carbons (Fsp3) is 0.846. The van der Waals surface area contributed by atoms with Crippen LogP contribution < -0.4 is 5.32 Å². The second-order valence-corrected chi connectivity index (χ2v) is 4.31. The summed E-state index contributed by atoms with van der Waals surface area (Å²) in [5.74, 6) is 1.54. The van der Waals surface area contributed by atoms with Crippen molar-refractivity contribution in [2.75, 3.05) is 7.05 Å². The van der Waals surface area contributed by atoms with E-state index in [0.29, 0.717) is 6.04 Å². The molecule has 1 nitrogen and oxygen atoms in total. The fourth-order valence-corrected chi connectivity index (χ4v) is 1.89. The summed E-state index contributed by atoms with van der Waals surface area (Å²) in [4.78, 5) is 0. The lowest BCUT2D eigenvalue weighted by Gasteiger charge is -2.22. The van der Waals surface area contributed by atoms with Gasteiger partial charge in [0.05, 0.1) is 0 Å². The molecule has 0 aliphatic rings. The Balaban J connectivity index is 4.03. The third kappa shape index (κ3) is 5.43. The number of rotatable bonds is 7. The zero-order valence-corrected chi connectivity index (χ0v) is 10.5. The van der Waals surface area contributed by atoms with E-state index in [1.165, 1.54) is 12.8 Å². The first-order chi connectivity index (χ1) is 6.65. The monoisotopic (exact) mass is 197 g/mol. The fourth-order valence-electron chi connectivity index (χ4n) is 1.89. The zero-order valence-electron chi connectivity index (χ0n) is 10.5. The first-order valence-corrected chi connectivity index (χ1v) is 5.99. The van der Waals surface area contributed by atoms with Crippen LogP contribution in [0.5, 0.6) is 0 Å². The molecule has 0 aromatic heterocycles. The molecule has 14 heavy (non-hydrogen) atoms. The summed E-state index contributed by atoms with van der Waals surface area (Å²) in [6.07, 6.45) is 8.38. The Labute approximate surface area is 90.0 Å². The van der Waals surface area contributed by atoms with Gasteiger partial charge in [-0.2, -0.15) is 0 Å². The first-order valence-electron chi connectivity index (χ1n) is 5.99. The lowest BCUT2D eigenvalue weighted by Crippen LogP contribution is -2.25. The third-order valence-electron chi connectivity index (χ3n) is 3.04. The van der Waals surface area contributed by atoms with E-state index in [9.17, 15) is 0 Å². The van der Waals surface area contributed by atoms with Gasteiger partial charge in [-0.25, -0.2) is 0 Å². The Morgan fingerprint density at radius 2 is 1.86 bits per heavy atom.